The Morgan fingerprint density at radius 2 is 1.70 bits per heavy atom. The largest absolute Gasteiger partial charge is 0.515 e. The van der Waals surface area contributed by atoms with Crippen LogP contribution in [-0.2, 0) is 9.31 Å². The summed E-state index contributed by atoms with van der Waals surface area (Å²) in [6, 6.07) is 5.77. The van der Waals surface area contributed by atoms with E-state index in [1.165, 1.54) is 0 Å². The Kier molecular flexibility index (Phi) is 2.99. The summed E-state index contributed by atoms with van der Waals surface area (Å²) >= 11 is 0. The summed E-state index contributed by atoms with van der Waals surface area (Å²) in [5.74, 6) is 0. The van der Waals surface area contributed by atoms with Gasteiger partial charge in [-0.2, -0.15) is 0 Å². The molecule has 1 saturated heterocycles. The minimum Gasteiger partial charge on any atom is -0.398 e. The standard InChI is InChI=1S/C17H18BN3O2/c1-16(2)17(3,4)23-18(22-16)15-11-7-9-19-10-12(11)14-13(21-15)6-5-8-20-14/h5-10H,1-4H3. The van der Waals surface area contributed by atoms with Gasteiger partial charge in [-0.3, -0.25) is 15.0 Å². The van der Waals surface area contributed by atoms with Crippen LogP contribution in [0.25, 0.3) is 21.8 Å². The fourth-order valence-corrected chi connectivity index (χ4v) is 2.83. The third-order valence-electron chi connectivity index (χ3n) is 4.86. The Morgan fingerprint density at radius 1 is 0.957 bits per heavy atom. The van der Waals surface area contributed by atoms with Gasteiger partial charge in [0.1, 0.15) is 0 Å². The van der Waals surface area contributed by atoms with Gasteiger partial charge < -0.3 is 9.31 Å². The fraction of sp³-hybridized carbons (Fsp3) is 0.353. The van der Waals surface area contributed by atoms with Crippen molar-refractivity contribution < 1.29 is 9.31 Å². The molecule has 0 amide bonds. The van der Waals surface area contributed by atoms with E-state index in [0.717, 1.165) is 27.4 Å². The van der Waals surface area contributed by atoms with E-state index in [1.54, 1.807) is 12.4 Å². The van der Waals surface area contributed by atoms with Crippen LogP contribution >= 0.6 is 0 Å². The van der Waals surface area contributed by atoms with Crippen molar-refractivity contribution in [3.05, 3.63) is 36.8 Å². The molecule has 0 atom stereocenters. The topological polar surface area (TPSA) is 57.1 Å². The van der Waals surface area contributed by atoms with Gasteiger partial charge >= 0.3 is 7.12 Å². The molecule has 0 radical (unpaired) electrons. The van der Waals surface area contributed by atoms with Crippen molar-refractivity contribution in [2.45, 2.75) is 38.9 Å². The predicted molar refractivity (Wildman–Crippen MR) is 90.6 cm³/mol. The van der Waals surface area contributed by atoms with Gasteiger partial charge in [0.2, 0.25) is 0 Å². The summed E-state index contributed by atoms with van der Waals surface area (Å²) < 4.78 is 12.4. The van der Waals surface area contributed by atoms with E-state index in [2.05, 4.69) is 9.97 Å². The van der Waals surface area contributed by atoms with Crippen LogP contribution in [0.5, 0.6) is 0 Å². The summed E-state index contributed by atoms with van der Waals surface area (Å²) in [5.41, 5.74) is 1.64. The van der Waals surface area contributed by atoms with E-state index in [9.17, 15) is 0 Å². The predicted octanol–water partition coefficient (Wildman–Crippen LogP) is 2.48. The van der Waals surface area contributed by atoms with Gasteiger partial charge in [-0.05, 0) is 45.9 Å². The summed E-state index contributed by atoms with van der Waals surface area (Å²) in [6.07, 6.45) is 5.35. The number of nitrogens with zero attached hydrogens (tertiary/aromatic N) is 3. The number of aromatic nitrogens is 3. The average molecular weight is 307 g/mol. The molecule has 116 valence electrons. The third kappa shape index (κ3) is 2.13. The maximum atomic E-state index is 6.18. The minimum atomic E-state index is -0.505. The zero-order valence-corrected chi connectivity index (χ0v) is 13.7. The number of hydrogen-bond donors (Lipinski definition) is 0. The van der Waals surface area contributed by atoms with Crippen LogP contribution in [0.4, 0.5) is 0 Å². The summed E-state index contributed by atoms with van der Waals surface area (Å²) in [4.78, 5) is 13.5. The van der Waals surface area contributed by atoms with Gasteiger partial charge in [0, 0.05) is 29.4 Å². The third-order valence-corrected chi connectivity index (χ3v) is 4.86. The Morgan fingerprint density at radius 3 is 2.43 bits per heavy atom. The summed E-state index contributed by atoms with van der Waals surface area (Å²) in [7, 11) is -0.505. The molecule has 0 unspecified atom stereocenters. The van der Waals surface area contributed by atoms with E-state index in [4.69, 9.17) is 14.3 Å². The molecule has 0 N–H and O–H groups in total. The monoisotopic (exact) mass is 307 g/mol. The lowest BCUT2D eigenvalue weighted by Crippen LogP contribution is -2.41. The second kappa shape index (κ2) is 4.72. The first-order valence-corrected chi connectivity index (χ1v) is 7.73. The normalized spacial score (nSPS) is 19.6. The first-order chi connectivity index (χ1) is 10.9. The number of pyridine rings is 3. The Bertz CT molecular complexity index is 895. The highest BCUT2D eigenvalue weighted by Gasteiger charge is 2.52. The van der Waals surface area contributed by atoms with E-state index >= 15 is 0 Å². The van der Waals surface area contributed by atoms with Gasteiger partial charge in [-0.25, -0.2) is 0 Å². The van der Waals surface area contributed by atoms with E-state index < -0.39 is 18.3 Å². The molecule has 0 saturated carbocycles. The van der Waals surface area contributed by atoms with Crippen molar-refractivity contribution in [2.24, 2.45) is 0 Å². The van der Waals surface area contributed by atoms with E-state index in [-0.39, 0.29) is 0 Å². The first kappa shape index (κ1) is 14.5. The highest BCUT2D eigenvalue weighted by Crippen LogP contribution is 2.37. The molecule has 3 aromatic heterocycles. The van der Waals surface area contributed by atoms with Gasteiger partial charge in [-0.15, -0.1) is 0 Å². The number of rotatable bonds is 1. The number of fused-ring (bicyclic) bond motifs is 3. The summed E-state index contributed by atoms with van der Waals surface area (Å²) in [6.45, 7) is 8.16. The maximum absolute atomic E-state index is 6.18. The van der Waals surface area contributed by atoms with Crippen molar-refractivity contribution in [1.82, 2.24) is 15.0 Å². The van der Waals surface area contributed by atoms with Crippen LogP contribution in [0.1, 0.15) is 27.7 Å². The van der Waals surface area contributed by atoms with E-state index in [0.29, 0.717) is 0 Å². The maximum Gasteiger partial charge on any atom is 0.515 e. The lowest BCUT2D eigenvalue weighted by atomic mass is 9.81. The fourth-order valence-electron chi connectivity index (χ4n) is 2.83. The van der Waals surface area contributed by atoms with Crippen LogP contribution in [0.3, 0.4) is 0 Å². The quantitative estimate of drug-likeness (QED) is 0.510. The molecule has 1 fully saturated rings. The van der Waals surface area contributed by atoms with Crippen LogP contribution in [0.15, 0.2) is 36.8 Å². The van der Waals surface area contributed by atoms with Crippen molar-refractivity contribution >= 4 is 34.5 Å². The number of hydrogen-bond acceptors (Lipinski definition) is 5. The summed E-state index contributed by atoms with van der Waals surface area (Å²) in [5, 5.41) is 1.92. The van der Waals surface area contributed by atoms with Gasteiger partial charge in [0.15, 0.2) is 0 Å². The minimum absolute atomic E-state index is 0.400. The van der Waals surface area contributed by atoms with Gasteiger partial charge in [-0.1, -0.05) is 0 Å². The Labute approximate surface area is 135 Å². The van der Waals surface area contributed by atoms with Crippen LogP contribution in [-0.4, -0.2) is 33.3 Å². The molecule has 0 aromatic carbocycles. The van der Waals surface area contributed by atoms with Crippen molar-refractivity contribution in [1.29, 1.82) is 0 Å². The molecule has 6 heteroatoms. The van der Waals surface area contributed by atoms with Gasteiger partial charge in [0.25, 0.3) is 0 Å². The second-order valence-electron chi connectivity index (χ2n) is 6.88. The van der Waals surface area contributed by atoms with Gasteiger partial charge in [0.05, 0.1) is 27.8 Å². The Balaban J connectivity index is 1.97. The molecule has 4 heterocycles. The molecular formula is C17H18BN3O2. The van der Waals surface area contributed by atoms with Crippen LogP contribution < -0.4 is 5.59 Å². The van der Waals surface area contributed by atoms with Crippen molar-refractivity contribution in [3.8, 4) is 0 Å². The SMILES string of the molecule is CC1(C)OB(c2nc3cccnc3c3cnccc23)OC1(C)C. The lowest BCUT2D eigenvalue weighted by Gasteiger charge is -2.32. The van der Waals surface area contributed by atoms with E-state index in [1.807, 2.05) is 52.1 Å². The molecule has 3 aromatic rings. The second-order valence-corrected chi connectivity index (χ2v) is 6.88. The van der Waals surface area contributed by atoms with Crippen molar-refractivity contribution in [3.63, 3.8) is 0 Å². The smallest absolute Gasteiger partial charge is 0.398 e. The molecule has 1 aliphatic rings. The van der Waals surface area contributed by atoms with Crippen molar-refractivity contribution in [2.75, 3.05) is 0 Å². The van der Waals surface area contributed by atoms with Crippen LogP contribution in [0, 0.1) is 0 Å². The molecule has 1 aliphatic heterocycles. The first-order valence-electron chi connectivity index (χ1n) is 7.73. The Hall–Kier alpha value is -2.05. The molecular weight excluding hydrogens is 289 g/mol. The molecule has 0 spiro atoms. The zero-order valence-electron chi connectivity index (χ0n) is 13.7. The molecule has 0 bridgehead atoms. The molecule has 0 aliphatic carbocycles. The molecule has 23 heavy (non-hydrogen) atoms. The molecule has 4 rings (SSSR count). The highest BCUT2D eigenvalue weighted by molar-refractivity contribution is 6.64. The highest BCUT2D eigenvalue weighted by atomic mass is 16.7. The average Bonchev–Trinajstić information content (AvgIpc) is 2.74. The lowest BCUT2D eigenvalue weighted by molar-refractivity contribution is 0.00578. The zero-order chi connectivity index (χ0) is 16.2. The molecule has 5 nitrogen and oxygen atoms in total. The van der Waals surface area contributed by atoms with Crippen LogP contribution in [0.2, 0.25) is 0 Å².